The van der Waals surface area contributed by atoms with Crippen LogP contribution in [0, 0.1) is 0 Å². The minimum atomic E-state index is -3.46. The SMILES string of the molecule is O=c1[nH]c(N2CCOCC2)nc2c1CC(S(=O)(=O)c1ccccc1)CC2. The summed E-state index contributed by atoms with van der Waals surface area (Å²) in [5, 5.41) is -0.588. The fourth-order valence-electron chi connectivity index (χ4n) is 3.57. The lowest BCUT2D eigenvalue weighted by Crippen LogP contribution is -2.40. The third kappa shape index (κ3) is 3.14. The second-order valence-electron chi connectivity index (χ2n) is 6.64. The maximum atomic E-state index is 12.9. The normalized spacial score (nSPS) is 20.6. The summed E-state index contributed by atoms with van der Waals surface area (Å²) in [6.07, 6.45) is 1.18. The van der Waals surface area contributed by atoms with E-state index in [-0.39, 0.29) is 12.0 Å². The van der Waals surface area contributed by atoms with Crippen molar-refractivity contribution in [3.8, 4) is 0 Å². The van der Waals surface area contributed by atoms with Crippen LogP contribution in [-0.2, 0) is 27.4 Å². The molecule has 7 nitrogen and oxygen atoms in total. The Morgan fingerprint density at radius 1 is 1.15 bits per heavy atom. The number of rotatable bonds is 3. The van der Waals surface area contributed by atoms with Crippen molar-refractivity contribution in [3.05, 3.63) is 51.9 Å². The lowest BCUT2D eigenvalue weighted by Gasteiger charge is -2.29. The number of aromatic nitrogens is 2. The van der Waals surface area contributed by atoms with E-state index in [9.17, 15) is 13.2 Å². The smallest absolute Gasteiger partial charge is 0.255 e. The largest absolute Gasteiger partial charge is 0.378 e. The van der Waals surface area contributed by atoms with Gasteiger partial charge < -0.3 is 9.64 Å². The number of fused-ring (bicyclic) bond motifs is 1. The van der Waals surface area contributed by atoms with Crippen LogP contribution in [-0.4, -0.2) is 49.9 Å². The number of benzene rings is 1. The topological polar surface area (TPSA) is 92.4 Å². The summed E-state index contributed by atoms with van der Waals surface area (Å²) in [6, 6.07) is 8.43. The van der Waals surface area contributed by atoms with Crippen LogP contribution >= 0.6 is 0 Å². The standard InChI is InChI=1S/C18H21N3O4S/c22-17-15-12-14(26(23,24)13-4-2-1-3-5-13)6-7-16(15)19-18(20-17)21-8-10-25-11-9-21/h1-5,14H,6-12H2,(H,19,20,22). The van der Waals surface area contributed by atoms with Crippen LogP contribution in [0.3, 0.4) is 0 Å². The molecule has 1 saturated heterocycles. The van der Waals surface area contributed by atoms with Crippen molar-refractivity contribution in [1.82, 2.24) is 9.97 Å². The molecule has 1 aromatic carbocycles. The predicted octanol–water partition coefficient (Wildman–Crippen LogP) is 0.938. The van der Waals surface area contributed by atoms with E-state index in [1.807, 2.05) is 4.90 Å². The molecular weight excluding hydrogens is 354 g/mol. The van der Waals surface area contributed by atoms with Crippen LogP contribution in [0.25, 0.3) is 0 Å². The van der Waals surface area contributed by atoms with Gasteiger partial charge in [0, 0.05) is 18.7 Å². The summed E-state index contributed by atoms with van der Waals surface area (Å²) in [6.45, 7) is 2.59. The average Bonchev–Trinajstić information content (AvgIpc) is 2.69. The number of ether oxygens (including phenoxy) is 1. The zero-order valence-corrected chi connectivity index (χ0v) is 15.2. The molecule has 1 N–H and O–H groups in total. The molecule has 1 aliphatic heterocycles. The molecule has 0 saturated carbocycles. The molecule has 0 radical (unpaired) electrons. The maximum Gasteiger partial charge on any atom is 0.255 e. The van der Waals surface area contributed by atoms with Gasteiger partial charge in [-0.2, -0.15) is 0 Å². The minimum Gasteiger partial charge on any atom is -0.378 e. The highest BCUT2D eigenvalue weighted by molar-refractivity contribution is 7.92. The van der Waals surface area contributed by atoms with Gasteiger partial charge in [0.15, 0.2) is 9.84 Å². The Labute approximate surface area is 151 Å². The molecule has 138 valence electrons. The second kappa shape index (κ2) is 6.85. The lowest BCUT2D eigenvalue weighted by atomic mass is 9.97. The molecule has 1 aromatic heterocycles. The van der Waals surface area contributed by atoms with E-state index in [0.29, 0.717) is 55.6 Å². The van der Waals surface area contributed by atoms with Crippen LogP contribution in [0.5, 0.6) is 0 Å². The van der Waals surface area contributed by atoms with E-state index < -0.39 is 15.1 Å². The first-order valence-electron chi connectivity index (χ1n) is 8.79. The van der Waals surface area contributed by atoms with Crippen molar-refractivity contribution < 1.29 is 13.2 Å². The van der Waals surface area contributed by atoms with E-state index in [1.165, 1.54) is 0 Å². The van der Waals surface area contributed by atoms with Crippen molar-refractivity contribution in [3.63, 3.8) is 0 Å². The van der Waals surface area contributed by atoms with Crippen LogP contribution in [0.2, 0.25) is 0 Å². The van der Waals surface area contributed by atoms with Crippen molar-refractivity contribution in [1.29, 1.82) is 0 Å². The van der Waals surface area contributed by atoms with Crippen molar-refractivity contribution in [2.24, 2.45) is 0 Å². The van der Waals surface area contributed by atoms with Gasteiger partial charge in [0.05, 0.1) is 29.1 Å². The quantitative estimate of drug-likeness (QED) is 0.858. The molecule has 1 atom stereocenters. The molecule has 2 heterocycles. The van der Waals surface area contributed by atoms with Gasteiger partial charge in [0.1, 0.15) is 0 Å². The van der Waals surface area contributed by atoms with E-state index in [4.69, 9.17) is 4.74 Å². The fraction of sp³-hybridized carbons (Fsp3) is 0.444. The highest BCUT2D eigenvalue weighted by Crippen LogP contribution is 2.27. The molecule has 1 unspecified atom stereocenters. The number of H-pyrrole nitrogens is 1. The summed E-state index contributed by atoms with van der Waals surface area (Å²) in [5.74, 6) is 0.557. The Balaban J connectivity index is 1.62. The maximum absolute atomic E-state index is 12.9. The fourth-order valence-corrected chi connectivity index (χ4v) is 5.30. The van der Waals surface area contributed by atoms with E-state index >= 15 is 0 Å². The van der Waals surface area contributed by atoms with Crippen LogP contribution in [0.15, 0.2) is 40.0 Å². The molecule has 2 aliphatic rings. The molecule has 4 rings (SSSR count). The number of sulfone groups is 1. The molecule has 26 heavy (non-hydrogen) atoms. The molecule has 0 spiro atoms. The second-order valence-corrected chi connectivity index (χ2v) is 8.87. The lowest BCUT2D eigenvalue weighted by molar-refractivity contribution is 0.122. The number of aromatic amines is 1. The van der Waals surface area contributed by atoms with Crippen LogP contribution in [0.1, 0.15) is 17.7 Å². The van der Waals surface area contributed by atoms with Crippen molar-refractivity contribution >= 4 is 15.8 Å². The summed E-state index contributed by atoms with van der Waals surface area (Å²) in [5.41, 5.74) is 0.983. The molecule has 0 amide bonds. The number of hydrogen-bond acceptors (Lipinski definition) is 6. The number of nitrogens with zero attached hydrogens (tertiary/aromatic N) is 2. The third-order valence-corrected chi connectivity index (χ3v) is 7.25. The van der Waals surface area contributed by atoms with E-state index in [0.717, 1.165) is 5.69 Å². The average molecular weight is 375 g/mol. The van der Waals surface area contributed by atoms with Crippen molar-refractivity contribution in [2.45, 2.75) is 29.4 Å². The number of hydrogen-bond donors (Lipinski definition) is 1. The Hall–Kier alpha value is -2.19. The Bertz CT molecular complexity index is 950. The number of anilines is 1. The number of aryl methyl sites for hydroxylation is 1. The number of nitrogens with one attached hydrogen (secondary N) is 1. The molecule has 8 heteroatoms. The van der Waals surface area contributed by atoms with Gasteiger partial charge >= 0.3 is 0 Å². The van der Waals surface area contributed by atoms with Gasteiger partial charge in [0.2, 0.25) is 5.95 Å². The molecular formula is C18H21N3O4S. The van der Waals surface area contributed by atoms with Gasteiger partial charge in [-0.3, -0.25) is 9.78 Å². The van der Waals surface area contributed by atoms with Gasteiger partial charge in [-0.25, -0.2) is 13.4 Å². The first-order chi connectivity index (χ1) is 12.6. The highest BCUT2D eigenvalue weighted by Gasteiger charge is 2.33. The predicted molar refractivity (Wildman–Crippen MR) is 97.3 cm³/mol. The molecule has 2 aromatic rings. The monoisotopic (exact) mass is 375 g/mol. The van der Waals surface area contributed by atoms with Gasteiger partial charge in [0.25, 0.3) is 5.56 Å². The summed E-state index contributed by atoms with van der Waals surface area (Å²) < 4.78 is 31.1. The third-order valence-electron chi connectivity index (χ3n) is 5.04. The van der Waals surface area contributed by atoms with E-state index in [1.54, 1.807) is 30.3 Å². The Morgan fingerprint density at radius 3 is 2.62 bits per heavy atom. The van der Waals surface area contributed by atoms with Crippen LogP contribution < -0.4 is 10.5 Å². The van der Waals surface area contributed by atoms with Crippen molar-refractivity contribution in [2.75, 3.05) is 31.2 Å². The van der Waals surface area contributed by atoms with E-state index in [2.05, 4.69) is 9.97 Å². The first kappa shape index (κ1) is 17.2. The molecule has 1 fully saturated rings. The minimum absolute atomic E-state index is 0.207. The summed E-state index contributed by atoms with van der Waals surface area (Å²) >= 11 is 0. The first-order valence-corrected chi connectivity index (χ1v) is 10.3. The number of morpholine rings is 1. The van der Waals surface area contributed by atoms with Gasteiger partial charge in [-0.1, -0.05) is 18.2 Å². The Morgan fingerprint density at radius 2 is 1.88 bits per heavy atom. The van der Waals surface area contributed by atoms with Crippen LogP contribution in [0.4, 0.5) is 5.95 Å². The molecule has 0 bridgehead atoms. The highest BCUT2D eigenvalue weighted by atomic mass is 32.2. The van der Waals surface area contributed by atoms with Gasteiger partial charge in [-0.15, -0.1) is 0 Å². The Kier molecular flexibility index (Phi) is 4.54. The summed E-state index contributed by atoms with van der Waals surface area (Å²) in [7, 11) is -3.46. The summed E-state index contributed by atoms with van der Waals surface area (Å²) in [4.78, 5) is 22.3. The zero-order valence-electron chi connectivity index (χ0n) is 14.3. The zero-order chi connectivity index (χ0) is 18.1. The molecule has 1 aliphatic carbocycles. The van der Waals surface area contributed by atoms with Gasteiger partial charge in [-0.05, 0) is 31.4 Å².